The van der Waals surface area contributed by atoms with E-state index in [0.29, 0.717) is 45.2 Å². The number of methoxy groups -OCH3 is 2. The summed E-state index contributed by atoms with van der Waals surface area (Å²) in [6.07, 6.45) is 0.162. The van der Waals surface area contributed by atoms with Gasteiger partial charge in [0.05, 0.1) is 18.1 Å². The molecule has 2 aromatic carbocycles. The lowest BCUT2D eigenvalue weighted by Crippen LogP contribution is -2.58. The van der Waals surface area contributed by atoms with Crippen molar-refractivity contribution in [2.45, 2.75) is 22.5 Å². The maximum atomic E-state index is 13.6. The molecule has 1 aliphatic rings. The molecule has 1 saturated heterocycles. The second-order valence-corrected chi connectivity index (χ2v) is 10.4. The van der Waals surface area contributed by atoms with Gasteiger partial charge in [-0.2, -0.15) is 0 Å². The number of benzene rings is 2. The number of carbonyl (C=O) groups is 1. The number of ether oxygens (including phenoxy) is 3. The Labute approximate surface area is 200 Å². The lowest BCUT2D eigenvalue weighted by Gasteiger charge is -2.39. The van der Waals surface area contributed by atoms with E-state index in [1.165, 1.54) is 12.1 Å². The van der Waals surface area contributed by atoms with Gasteiger partial charge >= 0.3 is 0 Å². The topological polar surface area (TPSA) is 114 Å². The number of amides is 1. The smallest absolute Gasteiger partial charge is 0.265 e. The van der Waals surface area contributed by atoms with Gasteiger partial charge in [-0.3, -0.25) is 10.0 Å². The minimum absolute atomic E-state index is 0.0460. The Morgan fingerprint density at radius 1 is 0.941 bits per heavy atom. The minimum atomic E-state index is -4.06. The van der Waals surface area contributed by atoms with Gasteiger partial charge in [-0.05, 0) is 48.2 Å². The lowest BCUT2D eigenvalue weighted by atomic mass is 9.95. The molecule has 34 heavy (non-hydrogen) atoms. The highest BCUT2D eigenvalue weighted by atomic mass is 32.2. The number of carbonyl (C=O) groups excluding carboxylic acids is 1. The number of piperidine rings is 1. The van der Waals surface area contributed by atoms with E-state index in [9.17, 15) is 18.4 Å². The molecule has 186 valence electrons. The fourth-order valence-electron chi connectivity index (χ4n) is 4.12. The van der Waals surface area contributed by atoms with E-state index in [1.54, 1.807) is 31.8 Å². The summed E-state index contributed by atoms with van der Waals surface area (Å²) in [5.41, 5.74) is 3.32. The first kappa shape index (κ1) is 26.1. The molecule has 10 heteroatoms. The summed E-state index contributed by atoms with van der Waals surface area (Å²) in [5.74, 6) is -0.180. The monoisotopic (exact) mass is 492 g/mol. The van der Waals surface area contributed by atoms with E-state index >= 15 is 0 Å². The van der Waals surface area contributed by atoms with Crippen LogP contribution in [0.2, 0.25) is 0 Å². The van der Waals surface area contributed by atoms with Gasteiger partial charge in [0.2, 0.25) is 0 Å². The first-order valence-electron chi connectivity index (χ1n) is 11.1. The molecule has 1 amide bonds. The molecule has 1 heterocycles. The zero-order valence-electron chi connectivity index (χ0n) is 19.5. The van der Waals surface area contributed by atoms with Crippen LogP contribution in [0.15, 0.2) is 53.4 Å². The Bertz CT molecular complexity index is 1030. The number of nitrogens with one attached hydrogen (secondary N) is 1. The summed E-state index contributed by atoms with van der Waals surface area (Å²) < 4.78 is 41.1. The molecule has 0 radical (unpaired) electrons. The van der Waals surface area contributed by atoms with Crippen molar-refractivity contribution in [1.29, 1.82) is 0 Å². The van der Waals surface area contributed by atoms with Gasteiger partial charge in [-0.15, -0.1) is 0 Å². The van der Waals surface area contributed by atoms with E-state index in [2.05, 4.69) is 0 Å². The zero-order chi connectivity index (χ0) is 24.6. The van der Waals surface area contributed by atoms with Gasteiger partial charge in [0, 0.05) is 33.9 Å². The highest BCUT2D eigenvalue weighted by Crippen LogP contribution is 2.36. The molecule has 9 nitrogen and oxygen atoms in total. The van der Waals surface area contributed by atoms with Crippen molar-refractivity contribution in [3.05, 3.63) is 48.5 Å². The number of hydrogen-bond donors (Lipinski definition) is 2. The Morgan fingerprint density at radius 3 is 2.03 bits per heavy atom. The van der Waals surface area contributed by atoms with Crippen LogP contribution in [0.3, 0.4) is 0 Å². The molecule has 1 fully saturated rings. The number of sulfone groups is 1. The fourth-order valence-corrected chi connectivity index (χ4v) is 6.07. The summed E-state index contributed by atoms with van der Waals surface area (Å²) >= 11 is 0. The Balaban J connectivity index is 1.79. The molecule has 2 aromatic rings. The molecule has 3 rings (SSSR count). The second-order valence-electron chi connectivity index (χ2n) is 8.16. The molecule has 2 N–H and O–H groups in total. The molecule has 0 atom stereocenters. The number of rotatable bonds is 11. The molecule has 0 aromatic heterocycles. The number of likely N-dealkylation sites (tertiary alicyclic amines) is 1. The van der Waals surface area contributed by atoms with Crippen LogP contribution in [0.25, 0.3) is 11.1 Å². The largest absolute Gasteiger partial charge is 0.491 e. The Kier molecular flexibility index (Phi) is 9.03. The van der Waals surface area contributed by atoms with Crippen LogP contribution in [0.1, 0.15) is 12.8 Å². The van der Waals surface area contributed by atoms with Gasteiger partial charge in [0.1, 0.15) is 12.4 Å². The third-order valence-electron chi connectivity index (χ3n) is 6.21. The third kappa shape index (κ3) is 5.59. The fraction of sp³-hybridized carbons (Fsp3) is 0.458. The predicted molar refractivity (Wildman–Crippen MR) is 127 cm³/mol. The summed E-state index contributed by atoms with van der Waals surface area (Å²) in [6.45, 7) is 2.94. The molecule has 0 saturated carbocycles. The first-order chi connectivity index (χ1) is 16.4. The van der Waals surface area contributed by atoms with Crippen molar-refractivity contribution in [2.75, 3.05) is 53.7 Å². The Hall–Kier alpha value is -2.50. The third-order valence-corrected chi connectivity index (χ3v) is 8.73. The molecular formula is C24H32N2O7S. The number of hydroxylamine groups is 1. The van der Waals surface area contributed by atoms with Crippen LogP contribution in [-0.2, 0) is 24.1 Å². The second kappa shape index (κ2) is 11.8. The van der Waals surface area contributed by atoms with Crippen LogP contribution >= 0.6 is 0 Å². The van der Waals surface area contributed by atoms with E-state index in [0.717, 1.165) is 11.1 Å². The predicted octanol–water partition coefficient (Wildman–Crippen LogP) is 2.14. The first-order valence-corrected chi connectivity index (χ1v) is 12.6. The number of nitrogens with zero attached hydrogens (tertiary/aromatic N) is 1. The molecule has 0 spiro atoms. The molecule has 0 aliphatic carbocycles. The number of hydrogen-bond acceptors (Lipinski definition) is 8. The highest BCUT2D eigenvalue weighted by Gasteiger charge is 2.52. The van der Waals surface area contributed by atoms with Crippen molar-refractivity contribution in [2.24, 2.45) is 0 Å². The maximum absolute atomic E-state index is 13.6. The lowest BCUT2D eigenvalue weighted by molar-refractivity contribution is -0.133. The molecule has 0 unspecified atom stereocenters. The summed E-state index contributed by atoms with van der Waals surface area (Å²) in [4.78, 5) is 14.7. The van der Waals surface area contributed by atoms with Crippen molar-refractivity contribution in [1.82, 2.24) is 10.4 Å². The average molecular weight is 493 g/mol. The van der Waals surface area contributed by atoms with E-state index in [1.807, 2.05) is 29.2 Å². The van der Waals surface area contributed by atoms with Crippen molar-refractivity contribution in [3.63, 3.8) is 0 Å². The molecule has 0 bridgehead atoms. The van der Waals surface area contributed by atoms with Gasteiger partial charge in [0.15, 0.2) is 14.6 Å². The Morgan fingerprint density at radius 2 is 1.50 bits per heavy atom. The minimum Gasteiger partial charge on any atom is -0.491 e. The summed E-state index contributed by atoms with van der Waals surface area (Å²) in [6, 6.07) is 13.9. The normalized spacial score (nSPS) is 16.2. The van der Waals surface area contributed by atoms with Crippen LogP contribution in [0, 0.1) is 0 Å². The van der Waals surface area contributed by atoms with Gasteiger partial charge in [0.25, 0.3) is 5.91 Å². The SMILES string of the molecule is COCCOc1ccc(-c2ccc(S(=O)(=O)C3(C(=O)NO)CCN(CCOC)CC3)cc2)cc1. The zero-order valence-corrected chi connectivity index (χ0v) is 20.3. The van der Waals surface area contributed by atoms with Crippen LogP contribution in [0.4, 0.5) is 0 Å². The quantitative estimate of drug-likeness (QED) is 0.279. The summed E-state index contributed by atoms with van der Waals surface area (Å²) in [5, 5.41) is 9.34. The van der Waals surface area contributed by atoms with Gasteiger partial charge in [-0.1, -0.05) is 24.3 Å². The maximum Gasteiger partial charge on any atom is 0.265 e. The van der Waals surface area contributed by atoms with E-state index in [-0.39, 0.29) is 17.7 Å². The highest BCUT2D eigenvalue weighted by molar-refractivity contribution is 7.93. The average Bonchev–Trinajstić information content (AvgIpc) is 2.88. The van der Waals surface area contributed by atoms with Gasteiger partial charge < -0.3 is 19.1 Å². The van der Waals surface area contributed by atoms with E-state index in [4.69, 9.17) is 14.2 Å². The van der Waals surface area contributed by atoms with Crippen LogP contribution in [0.5, 0.6) is 5.75 Å². The summed E-state index contributed by atoms with van der Waals surface area (Å²) in [7, 11) is -0.844. The standard InChI is InChI=1S/C24H32N2O7S/c1-31-16-15-26-13-11-24(12-14-26,23(27)25-28)34(29,30)22-9-5-20(6-10-22)19-3-7-21(8-4-19)33-18-17-32-2/h3-10,28H,11-18H2,1-2H3,(H,25,27). The van der Waals surface area contributed by atoms with Crippen LogP contribution in [-0.4, -0.2) is 82.9 Å². The van der Waals surface area contributed by atoms with Crippen molar-refractivity contribution < 1.29 is 32.6 Å². The molecular weight excluding hydrogens is 460 g/mol. The van der Waals surface area contributed by atoms with Crippen molar-refractivity contribution in [3.8, 4) is 16.9 Å². The van der Waals surface area contributed by atoms with E-state index < -0.39 is 20.5 Å². The van der Waals surface area contributed by atoms with Crippen molar-refractivity contribution >= 4 is 15.7 Å². The molecule has 1 aliphatic heterocycles. The van der Waals surface area contributed by atoms with Crippen LogP contribution < -0.4 is 10.2 Å². The van der Waals surface area contributed by atoms with Gasteiger partial charge in [-0.25, -0.2) is 13.9 Å².